The minimum absolute atomic E-state index is 0.391. The van der Waals surface area contributed by atoms with Crippen LogP contribution >= 0.6 is 34.0 Å². The molecule has 30 heavy (non-hydrogen) atoms. The van der Waals surface area contributed by atoms with Crippen LogP contribution in [0.5, 0.6) is 0 Å². The summed E-state index contributed by atoms with van der Waals surface area (Å²) in [5, 5.41) is -2.49. The predicted molar refractivity (Wildman–Crippen MR) is 101 cm³/mol. The predicted octanol–water partition coefficient (Wildman–Crippen LogP) is 0.0584. The van der Waals surface area contributed by atoms with E-state index in [2.05, 4.69) is 20.4 Å². The van der Waals surface area contributed by atoms with Gasteiger partial charge in [-0.2, -0.15) is 4.31 Å². The standard InChI is InChI=1S/C10H15ClFN2O12P3S/c11-10(12)3-6(24-7(10)4-14-2-1-8(15)13-9(14)16)5-23-29(22,30)26-28(20,21)25-27(17,18)19/h1-2,6-7H,3-5H2,(H,20,21)(H,22,30)(H,13,15,16)(H2,17,18,19)/t6-,7-,10+,29?/m0/s1. The second-order valence-electron chi connectivity index (χ2n) is 5.86. The molecule has 1 aromatic rings. The molecule has 0 bridgehead atoms. The minimum Gasteiger partial charge on any atom is -0.366 e. The van der Waals surface area contributed by atoms with E-state index in [-0.39, 0.29) is 0 Å². The van der Waals surface area contributed by atoms with Gasteiger partial charge in [-0.05, 0) is 11.8 Å². The second kappa shape index (κ2) is 9.28. The quantitative estimate of drug-likeness (QED) is 0.210. The number of phosphoric acid groups is 2. The summed E-state index contributed by atoms with van der Waals surface area (Å²) in [7, 11) is -10.9. The van der Waals surface area contributed by atoms with Gasteiger partial charge < -0.3 is 28.8 Å². The Kier molecular flexibility index (Phi) is 8.03. The van der Waals surface area contributed by atoms with E-state index in [1.54, 1.807) is 0 Å². The Morgan fingerprint density at radius 1 is 1.33 bits per heavy atom. The molecule has 5 N–H and O–H groups in total. The fourth-order valence-corrected chi connectivity index (χ4v) is 6.62. The van der Waals surface area contributed by atoms with E-state index >= 15 is 0 Å². The largest absolute Gasteiger partial charge is 0.488 e. The van der Waals surface area contributed by atoms with Crippen molar-refractivity contribution in [1.82, 2.24) is 9.55 Å². The average molecular weight is 535 g/mol. The monoisotopic (exact) mass is 534 g/mol. The number of H-pyrrole nitrogens is 1. The summed E-state index contributed by atoms with van der Waals surface area (Å²) in [6.07, 6.45) is -1.96. The van der Waals surface area contributed by atoms with Crippen molar-refractivity contribution in [2.24, 2.45) is 0 Å². The highest BCUT2D eigenvalue weighted by atomic mass is 35.5. The van der Waals surface area contributed by atoms with Crippen LogP contribution in [-0.2, 0) is 45.4 Å². The summed E-state index contributed by atoms with van der Waals surface area (Å²) in [4.78, 5) is 60.7. The highest BCUT2D eigenvalue weighted by molar-refractivity contribution is 8.08. The molecule has 1 saturated heterocycles. The van der Waals surface area contributed by atoms with Crippen molar-refractivity contribution in [2.45, 2.75) is 30.3 Å². The van der Waals surface area contributed by atoms with Crippen LogP contribution in [0.1, 0.15) is 6.42 Å². The van der Waals surface area contributed by atoms with Gasteiger partial charge >= 0.3 is 28.1 Å². The Balaban J connectivity index is 1.99. The number of aromatic amines is 1. The van der Waals surface area contributed by atoms with Gasteiger partial charge in [-0.1, -0.05) is 11.6 Å². The van der Waals surface area contributed by atoms with Crippen molar-refractivity contribution in [2.75, 3.05) is 6.61 Å². The third-order valence-electron chi connectivity index (χ3n) is 3.43. The Morgan fingerprint density at radius 2 is 1.97 bits per heavy atom. The van der Waals surface area contributed by atoms with E-state index in [1.165, 1.54) is 0 Å². The summed E-state index contributed by atoms with van der Waals surface area (Å²) in [6.45, 7) is -5.67. The summed E-state index contributed by atoms with van der Waals surface area (Å²) in [5.41, 5.74) is -1.49. The molecule has 2 unspecified atom stereocenters. The lowest BCUT2D eigenvalue weighted by Crippen LogP contribution is -2.37. The van der Waals surface area contributed by atoms with Crippen molar-refractivity contribution >= 4 is 45.8 Å². The molecule has 20 heteroatoms. The van der Waals surface area contributed by atoms with Crippen molar-refractivity contribution in [3.05, 3.63) is 33.1 Å². The van der Waals surface area contributed by atoms with Crippen molar-refractivity contribution in [1.29, 1.82) is 0 Å². The molecule has 5 atom stereocenters. The van der Waals surface area contributed by atoms with Gasteiger partial charge in [0.2, 0.25) is 5.13 Å². The number of rotatable bonds is 9. The molecule has 0 aromatic carbocycles. The maximum Gasteiger partial charge on any atom is 0.488 e. The van der Waals surface area contributed by atoms with Crippen molar-refractivity contribution in [3.63, 3.8) is 0 Å². The lowest BCUT2D eigenvalue weighted by atomic mass is 10.1. The maximum absolute atomic E-state index is 14.6. The third kappa shape index (κ3) is 7.99. The molecule has 0 radical (unpaired) electrons. The van der Waals surface area contributed by atoms with Crippen LogP contribution in [0.25, 0.3) is 0 Å². The lowest BCUT2D eigenvalue weighted by molar-refractivity contribution is -0.00947. The molecule has 1 aliphatic rings. The third-order valence-corrected chi connectivity index (χ3v) is 8.54. The first-order valence-electron chi connectivity index (χ1n) is 7.59. The Hall–Kier alpha value is -0.310. The molecular formula is C10H15ClFN2O12P3S. The molecule has 1 fully saturated rings. The van der Waals surface area contributed by atoms with E-state index in [1.807, 2.05) is 4.98 Å². The Labute approximate surface area is 176 Å². The van der Waals surface area contributed by atoms with Crippen LogP contribution in [0.3, 0.4) is 0 Å². The summed E-state index contributed by atoms with van der Waals surface area (Å²) >= 11 is 10.2. The molecule has 1 aliphatic heterocycles. The topological polar surface area (TPSA) is 207 Å². The molecule has 0 aliphatic carbocycles. The molecule has 2 heterocycles. The normalized spacial score (nSPS) is 28.7. The SMILES string of the molecule is O=c1ccn(C[C@@H]2O[C@H](COP(O)(=S)OP(=O)(O)OP(=O)(O)O)C[C@]2(F)Cl)c(=O)[nH]1. The average Bonchev–Trinajstić information content (AvgIpc) is 2.79. The van der Waals surface area contributed by atoms with Gasteiger partial charge in [0.1, 0.15) is 6.10 Å². The number of halogens is 2. The highest BCUT2D eigenvalue weighted by Gasteiger charge is 2.49. The van der Waals surface area contributed by atoms with Gasteiger partial charge in [-0.15, -0.1) is 0 Å². The zero-order chi connectivity index (χ0) is 23.0. The zero-order valence-corrected chi connectivity index (χ0v) is 18.7. The highest BCUT2D eigenvalue weighted by Crippen LogP contribution is 2.66. The molecule has 2 rings (SSSR count). The molecule has 1 aromatic heterocycles. The second-order valence-corrected chi connectivity index (χ2v) is 12.3. The van der Waals surface area contributed by atoms with E-state index < -0.39 is 70.5 Å². The van der Waals surface area contributed by atoms with Crippen LogP contribution in [-0.4, -0.2) is 53.1 Å². The number of hydrogen-bond acceptors (Lipinski definition) is 9. The Bertz CT molecular complexity index is 1040. The molecule has 0 spiro atoms. The number of alkyl halides is 2. The molecular weight excluding hydrogens is 520 g/mol. The maximum atomic E-state index is 14.6. The van der Waals surface area contributed by atoms with Crippen molar-refractivity contribution < 1.29 is 51.0 Å². The lowest BCUT2D eigenvalue weighted by Gasteiger charge is -2.21. The summed E-state index contributed by atoms with van der Waals surface area (Å²) in [5.74, 6) is 0. The number of nitrogens with zero attached hydrogens (tertiary/aromatic N) is 1. The first-order valence-corrected chi connectivity index (χ1v) is 13.6. The van der Waals surface area contributed by atoms with Gasteiger partial charge in [-0.3, -0.25) is 14.3 Å². The summed E-state index contributed by atoms with van der Waals surface area (Å²) in [6, 6.07) is 1.02. The molecule has 0 amide bonds. The van der Waals surface area contributed by atoms with Gasteiger partial charge in [-0.25, -0.2) is 22.6 Å². The van der Waals surface area contributed by atoms with Crippen LogP contribution in [0.2, 0.25) is 0 Å². The van der Waals surface area contributed by atoms with E-state index in [0.717, 1.165) is 16.8 Å². The van der Waals surface area contributed by atoms with E-state index in [0.29, 0.717) is 0 Å². The van der Waals surface area contributed by atoms with Crippen molar-refractivity contribution in [3.8, 4) is 0 Å². The van der Waals surface area contributed by atoms with Gasteiger partial charge in [0.05, 0.1) is 19.3 Å². The molecule has 14 nitrogen and oxygen atoms in total. The zero-order valence-electron chi connectivity index (χ0n) is 14.4. The van der Waals surface area contributed by atoms with E-state index in [4.69, 9.17) is 30.6 Å². The number of nitrogens with one attached hydrogen (secondary N) is 1. The number of hydrogen-bond donors (Lipinski definition) is 5. The first-order chi connectivity index (χ1) is 13.5. The van der Waals surface area contributed by atoms with Crippen LogP contribution < -0.4 is 11.2 Å². The van der Waals surface area contributed by atoms with Crippen LogP contribution in [0.4, 0.5) is 4.39 Å². The number of ether oxygens (including phenoxy) is 1. The van der Waals surface area contributed by atoms with Gasteiger partial charge in [0.25, 0.3) is 5.56 Å². The Morgan fingerprint density at radius 3 is 2.53 bits per heavy atom. The fourth-order valence-electron chi connectivity index (χ4n) is 2.34. The smallest absolute Gasteiger partial charge is 0.366 e. The van der Waals surface area contributed by atoms with E-state index in [9.17, 15) is 32.9 Å². The number of aromatic nitrogens is 2. The molecule has 0 saturated carbocycles. The van der Waals surface area contributed by atoms with Crippen LogP contribution in [0.15, 0.2) is 21.9 Å². The van der Waals surface area contributed by atoms with Gasteiger partial charge in [0, 0.05) is 18.7 Å². The van der Waals surface area contributed by atoms with Gasteiger partial charge in [0.15, 0.2) is 0 Å². The minimum atomic E-state index is -5.49. The first kappa shape index (κ1) is 25.9. The molecule has 172 valence electrons. The van der Waals surface area contributed by atoms with Crippen LogP contribution in [0, 0.1) is 0 Å². The fraction of sp³-hybridized carbons (Fsp3) is 0.600. The summed E-state index contributed by atoms with van der Waals surface area (Å²) < 4.78 is 55.1.